The van der Waals surface area contributed by atoms with Crippen LogP contribution in [0.1, 0.15) is 23.5 Å². The smallest absolute Gasteiger partial charge is 0.341 e. The minimum absolute atomic E-state index is 0.0681. The number of rotatable bonds is 5. The van der Waals surface area contributed by atoms with Gasteiger partial charge in [-0.15, -0.1) is 0 Å². The first-order valence-corrected chi connectivity index (χ1v) is 8.00. The highest BCUT2D eigenvalue weighted by Gasteiger charge is 2.29. The minimum atomic E-state index is -1.03. The largest absolute Gasteiger partial charge is 0.482 e. The zero-order valence-corrected chi connectivity index (χ0v) is 14.2. The van der Waals surface area contributed by atoms with Gasteiger partial charge >= 0.3 is 5.97 Å². The summed E-state index contributed by atoms with van der Waals surface area (Å²) in [6, 6.07) is 13.2. The van der Waals surface area contributed by atoms with Crippen LogP contribution in [-0.2, 0) is 9.59 Å². The standard InChI is InChI=1S/C19H20N2O4/c1-21(2)12-7-8-13-15(10-18(22)20-16(13)9-12)14-5-3-4-6-17(14)25-11-19(23)24/h3-9,15H,10-11H2,1-2H3,(H,20,22)(H,23,24)/t15-/m0/s1. The second-order valence-electron chi connectivity index (χ2n) is 6.19. The van der Waals surface area contributed by atoms with E-state index in [4.69, 9.17) is 9.84 Å². The molecule has 6 nitrogen and oxygen atoms in total. The van der Waals surface area contributed by atoms with Crippen LogP contribution in [0.25, 0.3) is 0 Å². The van der Waals surface area contributed by atoms with Crippen LogP contribution in [0, 0.1) is 0 Å². The van der Waals surface area contributed by atoms with Crippen LogP contribution in [-0.4, -0.2) is 37.7 Å². The highest BCUT2D eigenvalue weighted by Crippen LogP contribution is 2.41. The number of amides is 1. The second kappa shape index (κ2) is 6.84. The molecule has 0 saturated heterocycles. The molecule has 25 heavy (non-hydrogen) atoms. The summed E-state index contributed by atoms with van der Waals surface area (Å²) in [6.07, 6.45) is 0.293. The molecule has 0 spiro atoms. The van der Waals surface area contributed by atoms with Crippen LogP contribution in [0.4, 0.5) is 11.4 Å². The maximum atomic E-state index is 12.2. The molecule has 6 heteroatoms. The number of para-hydroxylation sites is 1. The van der Waals surface area contributed by atoms with E-state index >= 15 is 0 Å². The molecule has 3 rings (SSSR count). The molecule has 0 aromatic heterocycles. The van der Waals surface area contributed by atoms with E-state index < -0.39 is 12.6 Å². The molecule has 0 saturated carbocycles. The Morgan fingerprint density at radius 2 is 2.00 bits per heavy atom. The lowest BCUT2D eigenvalue weighted by atomic mass is 9.84. The van der Waals surface area contributed by atoms with Gasteiger partial charge in [-0.3, -0.25) is 4.79 Å². The van der Waals surface area contributed by atoms with E-state index in [9.17, 15) is 9.59 Å². The molecule has 1 heterocycles. The fraction of sp³-hybridized carbons (Fsp3) is 0.263. The molecule has 0 bridgehead atoms. The highest BCUT2D eigenvalue weighted by atomic mass is 16.5. The van der Waals surface area contributed by atoms with Gasteiger partial charge in [0.05, 0.1) is 0 Å². The summed E-state index contributed by atoms with van der Waals surface area (Å²) in [6.45, 7) is -0.414. The summed E-state index contributed by atoms with van der Waals surface area (Å²) in [7, 11) is 3.89. The average Bonchev–Trinajstić information content (AvgIpc) is 2.58. The lowest BCUT2D eigenvalue weighted by molar-refractivity contribution is -0.139. The fourth-order valence-corrected chi connectivity index (χ4v) is 3.05. The van der Waals surface area contributed by atoms with Crippen molar-refractivity contribution in [1.82, 2.24) is 0 Å². The Bertz CT molecular complexity index is 817. The molecule has 1 aliphatic heterocycles. The lowest BCUT2D eigenvalue weighted by Gasteiger charge is -2.28. The van der Waals surface area contributed by atoms with E-state index in [1.165, 1.54) is 0 Å². The Kier molecular flexibility index (Phi) is 4.61. The Labute approximate surface area is 146 Å². The average molecular weight is 340 g/mol. The van der Waals surface area contributed by atoms with Crippen molar-refractivity contribution in [3.05, 3.63) is 53.6 Å². The van der Waals surface area contributed by atoms with Gasteiger partial charge in [0.1, 0.15) is 5.75 Å². The number of ether oxygens (including phenoxy) is 1. The molecule has 1 aliphatic rings. The summed E-state index contributed by atoms with van der Waals surface area (Å²) in [5, 5.41) is 11.8. The predicted octanol–water partition coefficient (Wildman–Crippen LogP) is 2.69. The highest BCUT2D eigenvalue weighted by molar-refractivity contribution is 5.96. The fourth-order valence-electron chi connectivity index (χ4n) is 3.05. The third-order valence-electron chi connectivity index (χ3n) is 4.24. The van der Waals surface area contributed by atoms with E-state index in [-0.39, 0.29) is 11.8 Å². The van der Waals surface area contributed by atoms with Gasteiger partial charge in [-0.2, -0.15) is 0 Å². The van der Waals surface area contributed by atoms with E-state index in [1.807, 2.05) is 49.3 Å². The van der Waals surface area contributed by atoms with E-state index in [0.717, 1.165) is 22.5 Å². The maximum absolute atomic E-state index is 12.2. The van der Waals surface area contributed by atoms with Crippen LogP contribution >= 0.6 is 0 Å². The zero-order valence-electron chi connectivity index (χ0n) is 14.2. The summed E-state index contributed by atoms with van der Waals surface area (Å²) < 4.78 is 5.42. The van der Waals surface area contributed by atoms with Crippen LogP contribution in [0.2, 0.25) is 0 Å². The van der Waals surface area contributed by atoms with E-state index in [0.29, 0.717) is 12.2 Å². The van der Waals surface area contributed by atoms with Crippen LogP contribution in [0.3, 0.4) is 0 Å². The number of carbonyl (C=O) groups is 2. The van der Waals surface area contributed by atoms with E-state index in [2.05, 4.69) is 5.32 Å². The number of carboxylic acids is 1. The van der Waals surface area contributed by atoms with Gasteiger partial charge in [0.15, 0.2) is 6.61 Å². The quantitative estimate of drug-likeness (QED) is 0.875. The van der Waals surface area contributed by atoms with E-state index in [1.54, 1.807) is 12.1 Å². The van der Waals surface area contributed by atoms with Crippen molar-refractivity contribution in [2.24, 2.45) is 0 Å². The second-order valence-corrected chi connectivity index (χ2v) is 6.19. The Morgan fingerprint density at radius 3 is 2.72 bits per heavy atom. The van der Waals surface area contributed by atoms with Crippen LogP contribution < -0.4 is 15.0 Å². The lowest BCUT2D eigenvalue weighted by Crippen LogP contribution is -2.24. The number of carbonyl (C=O) groups excluding carboxylic acids is 1. The molecule has 2 aromatic rings. The normalized spacial score (nSPS) is 15.9. The van der Waals surface area contributed by atoms with Crippen molar-refractivity contribution in [1.29, 1.82) is 0 Å². The Morgan fingerprint density at radius 1 is 1.24 bits per heavy atom. The zero-order chi connectivity index (χ0) is 18.0. The number of fused-ring (bicyclic) bond motifs is 1. The number of anilines is 2. The number of hydrogen-bond donors (Lipinski definition) is 2. The molecular weight excluding hydrogens is 320 g/mol. The predicted molar refractivity (Wildman–Crippen MR) is 95.4 cm³/mol. The van der Waals surface area contributed by atoms with Gasteiger partial charge in [0.2, 0.25) is 5.91 Å². The monoisotopic (exact) mass is 340 g/mol. The van der Waals surface area contributed by atoms with Crippen molar-refractivity contribution in [3.63, 3.8) is 0 Å². The topological polar surface area (TPSA) is 78.9 Å². The summed E-state index contributed by atoms with van der Waals surface area (Å²) in [5.41, 5.74) is 3.59. The molecular formula is C19H20N2O4. The molecule has 2 aromatic carbocycles. The molecule has 2 N–H and O–H groups in total. The maximum Gasteiger partial charge on any atom is 0.341 e. The number of carboxylic acid groups (broad SMARTS) is 1. The molecule has 1 atom stereocenters. The van der Waals surface area contributed by atoms with Crippen molar-refractivity contribution < 1.29 is 19.4 Å². The summed E-state index contributed by atoms with van der Waals surface area (Å²) in [4.78, 5) is 25.0. The third kappa shape index (κ3) is 3.57. The third-order valence-corrected chi connectivity index (χ3v) is 4.24. The number of hydrogen-bond acceptors (Lipinski definition) is 4. The number of nitrogens with one attached hydrogen (secondary N) is 1. The molecule has 0 radical (unpaired) electrons. The molecule has 130 valence electrons. The van der Waals surface area contributed by atoms with Gasteiger partial charge in [0.25, 0.3) is 0 Å². The van der Waals surface area contributed by atoms with Crippen molar-refractivity contribution in [3.8, 4) is 5.75 Å². The molecule has 0 unspecified atom stereocenters. The molecule has 0 fully saturated rings. The Hall–Kier alpha value is -3.02. The SMILES string of the molecule is CN(C)c1ccc2c(c1)NC(=O)C[C@@H]2c1ccccc1OCC(=O)O. The number of aliphatic carboxylic acids is 1. The first-order valence-electron chi connectivity index (χ1n) is 8.00. The van der Waals surface area contributed by atoms with Crippen molar-refractivity contribution >= 4 is 23.3 Å². The van der Waals surface area contributed by atoms with Crippen molar-refractivity contribution in [2.75, 3.05) is 30.9 Å². The molecule has 1 amide bonds. The first-order chi connectivity index (χ1) is 12.0. The van der Waals surface area contributed by atoms with Gasteiger partial charge in [0, 0.05) is 43.4 Å². The van der Waals surface area contributed by atoms with Crippen LogP contribution in [0.15, 0.2) is 42.5 Å². The van der Waals surface area contributed by atoms with Gasteiger partial charge in [-0.05, 0) is 23.8 Å². The van der Waals surface area contributed by atoms with Crippen molar-refractivity contribution in [2.45, 2.75) is 12.3 Å². The summed E-state index contributed by atoms with van der Waals surface area (Å²) in [5.74, 6) is -0.786. The van der Waals surface area contributed by atoms with Gasteiger partial charge in [-0.25, -0.2) is 4.79 Å². The van der Waals surface area contributed by atoms with Gasteiger partial charge < -0.3 is 20.1 Å². The minimum Gasteiger partial charge on any atom is -0.482 e. The molecule has 0 aliphatic carbocycles. The first kappa shape index (κ1) is 16.8. The van der Waals surface area contributed by atoms with Gasteiger partial charge in [-0.1, -0.05) is 24.3 Å². The number of benzene rings is 2. The summed E-state index contributed by atoms with van der Waals surface area (Å²) >= 11 is 0. The number of nitrogens with zero attached hydrogens (tertiary/aromatic N) is 1. The van der Waals surface area contributed by atoms with Crippen LogP contribution in [0.5, 0.6) is 5.75 Å². The Balaban J connectivity index is 2.02.